The molecule has 4 heterocycles. The maximum Gasteiger partial charge on any atom is 0.238 e. The van der Waals surface area contributed by atoms with Crippen molar-refractivity contribution in [1.82, 2.24) is 19.9 Å². The molecule has 234 valence electrons. The smallest absolute Gasteiger partial charge is 0.238 e. The van der Waals surface area contributed by atoms with Crippen LogP contribution >= 0.6 is 0 Å². The number of ether oxygens (including phenoxy) is 1. The first kappa shape index (κ1) is 31.8. The molecule has 0 spiro atoms. The van der Waals surface area contributed by atoms with Crippen molar-refractivity contribution < 1.29 is 13.6 Å². The zero-order valence-corrected chi connectivity index (χ0v) is 28.1. The van der Waals surface area contributed by atoms with E-state index in [0.29, 0.717) is 54.9 Å². The number of hydrogen-bond acceptors (Lipinski definition) is 9. The number of fused-ring (bicyclic) bond motifs is 1. The highest BCUT2D eigenvalue weighted by molar-refractivity contribution is 6.74. The summed E-state index contributed by atoms with van der Waals surface area (Å²) >= 11 is 0. The Kier molecular flexibility index (Phi) is 8.73. The third-order valence-electron chi connectivity index (χ3n) is 9.26. The van der Waals surface area contributed by atoms with Crippen LogP contribution in [0.5, 0.6) is 5.88 Å². The molecule has 2 aliphatic rings. The van der Waals surface area contributed by atoms with Crippen LogP contribution in [0, 0.1) is 18.3 Å². The number of aryl methyl sites for hydroxylation is 1. The summed E-state index contributed by atoms with van der Waals surface area (Å²) in [6.45, 7) is 17.7. The predicted molar refractivity (Wildman–Crippen MR) is 175 cm³/mol. The molecule has 9 nitrogen and oxygen atoms in total. The second-order valence-corrected chi connectivity index (χ2v) is 18.8. The lowest BCUT2D eigenvalue weighted by Gasteiger charge is -2.39. The number of anilines is 3. The Bertz CT molecular complexity index is 1570. The fourth-order valence-corrected chi connectivity index (χ4v) is 6.47. The van der Waals surface area contributed by atoms with Crippen molar-refractivity contribution >= 4 is 25.6 Å². The summed E-state index contributed by atoms with van der Waals surface area (Å²) in [7, 11) is -0.0673. The minimum atomic E-state index is -1.97. The van der Waals surface area contributed by atoms with Gasteiger partial charge in [-0.15, -0.1) is 0 Å². The van der Waals surface area contributed by atoms with Crippen molar-refractivity contribution in [1.29, 1.82) is 5.26 Å². The van der Waals surface area contributed by atoms with Crippen molar-refractivity contribution in [2.24, 2.45) is 0 Å². The molecule has 3 atom stereocenters. The van der Waals surface area contributed by atoms with E-state index < -0.39 is 20.6 Å². The zero-order chi connectivity index (χ0) is 31.9. The largest absolute Gasteiger partial charge is 0.470 e. The third-order valence-corrected chi connectivity index (χ3v) is 13.7. The number of rotatable bonds is 8. The summed E-state index contributed by atoms with van der Waals surface area (Å²) in [6, 6.07) is 10.1. The molecule has 1 fully saturated rings. The fourth-order valence-electron chi connectivity index (χ4n) is 5.36. The number of piperidine rings is 1. The number of aromatic nitrogens is 3. The van der Waals surface area contributed by atoms with E-state index in [0.717, 1.165) is 28.9 Å². The molecule has 0 bridgehead atoms. The highest BCUT2D eigenvalue weighted by Crippen LogP contribution is 2.44. The second kappa shape index (κ2) is 12.1. The number of alkyl halides is 1. The molecule has 0 saturated carbocycles. The van der Waals surface area contributed by atoms with Gasteiger partial charge in [0.25, 0.3) is 0 Å². The molecular formula is C33H44FN7O2Si. The van der Waals surface area contributed by atoms with Gasteiger partial charge >= 0.3 is 0 Å². The fraction of sp³-hybridized carbons (Fsp3) is 0.515. The molecular weight excluding hydrogens is 573 g/mol. The van der Waals surface area contributed by atoms with Gasteiger partial charge in [-0.3, -0.25) is 0 Å². The Labute approximate surface area is 261 Å². The minimum absolute atomic E-state index is 0.0979. The molecule has 5 rings (SSSR count). The average Bonchev–Trinajstić information content (AvgIpc) is 3.30. The molecule has 44 heavy (non-hydrogen) atoms. The van der Waals surface area contributed by atoms with Crippen LogP contribution in [0.15, 0.2) is 36.7 Å². The van der Waals surface area contributed by atoms with Gasteiger partial charge in [0.2, 0.25) is 11.8 Å². The van der Waals surface area contributed by atoms with E-state index in [1.54, 1.807) is 12.4 Å². The van der Waals surface area contributed by atoms with Crippen molar-refractivity contribution in [3.63, 3.8) is 0 Å². The lowest BCUT2D eigenvalue weighted by molar-refractivity contribution is 0.0291. The highest BCUT2D eigenvalue weighted by Gasteiger charge is 2.42. The minimum Gasteiger partial charge on any atom is -0.470 e. The number of halogens is 1. The number of likely N-dealkylation sites (tertiary alicyclic amines) is 1. The number of nitriles is 1. The SMILES string of the molecule is Cc1cnc(OC2CCN(C)CC2F)c(Nc2nccc(-c3cc(C#N)c4c(c3)[C@@](C)(CO[Si](C)(C)C(C)(C)C)CN4)n2)c1. The molecule has 2 N–H and O–H groups in total. The van der Waals surface area contributed by atoms with Gasteiger partial charge in [0, 0.05) is 49.6 Å². The van der Waals surface area contributed by atoms with Crippen molar-refractivity contribution in [3.8, 4) is 23.2 Å². The van der Waals surface area contributed by atoms with Crippen LogP contribution in [-0.4, -0.2) is 73.7 Å². The van der Waals surface area contributed by atoms with Gasteiger partial charge in [0.15, 0.2) is 8.32 Å². The van der Waals surface area contributed by atoms with E-state index in [9.17, 15) is 9.65 Å². The van der Waals surface area contributed by atoms with Crippen LogP contribution in [-0.2, 0) is 9.84 Å². The van der Waals surface area contributed by atoms with Crippen molar-refractivity contribution in [2.75, 3.05) is 43.9 Å². The average molecular weight is 618 g/mol. The Morgan fingerprint density at radius 1 is 1.25 bits per heavy atom. The maximum atomic E-state index is 14.8. The molecule has 2 aromatic heterocycles. The van der Waals surface area contributed by atoms with E-state index >= 15 is 0 Å². The van der Waals surface area contributed by atoms with Crippen LogP contribution in [0.1, 0.15) is 50.8 Å². The van der Waals surface area contributed by atoms with Gasteiger partial charge < -0.3 is 24.7 Å². The monoisotopic (exact) mass is 617 g/mol. The van der Waals surface area contributed by atoms with Crippen LogP contribution < -0.4 is 15.4 Å². The van der Waals surface area contributed by atoms with Crippen molar-refractivity contribution in [3.05, 3.63) is 53.3 Å². The molecule has 3 aromatic rings. The molecule has 11 heteroatoms. The number of pyridine rings is 1. The van der Waals surface area contributed by atoms with Crippen LogP contribution in [0.2, 0.25) is 18.1 Å². The van der Waals surface area contributed by atoms with Gasteiger partial charge in [-0.05, 0) is 73.9 Å². The van der Waals surface area contributed by atoms with E-state index in [2.05, 4.69) is 73.5 Å². The van der Waals surface area contributed by atoms with Crippen LogP contribution in [0.25, 0.3) is 11.3 Å². The Morgan fingerprint density at radius 2 is 2.02 bits per heavy atom. The predicted octanol–water partition coefficient (Wildman–Crippen LogP) is 6.59. The molecule has 0 amide bonds. The molecule has 2 unspecified atom stereocenters. The van der Waals surface area contributed by atoms with Crippen LogP contribution in [0.4, 0.5) is 21.7 Å². The van der Waals surface area contributed by atoms with Gasteiger partial charge in [0.05, 0.1) is 16.9 Å². The highest BCUT2D eigenvalue weighted by atomic mass is 28.4. The number of benzene rings is 1. The summed E-state index contributed by atoms with van der Waals surface area (Å²) in [4.78, 5) is 15.7. The second-order valence-electron chi connectivity index (χ2n) is 14.0. The van der Waals surface area contributed by atoms with Gasteiger partial charge in [0.1, 0.15) is 24.0 Å². The zero-order valence-electron chi connectivity index (χ0n) is 27.1. The first-order chi connectivity index (χ1) is 20.7. The number of nitrogens with one attached hydrogen (secondary N) is 2. The van der Waals surface area contributed by atoms with Crippen LogP contribution in [0.3, 0.4) is 0 Å². The normalized spacial score (nSPS) is 22.2. The standard InChI is InChI=1S/C33H44FN7O2Si/c1-21-13-27(30(37-17-21)43-28-10-12-41(6)18-25(28)34)40-31-36-11-9-26(39-31)22-14-23(16-35)29-24(15-22)33(5,19-38-29)20-42-44(7,8)32(2,3)4/h9,11,13-15,17,25,28,38H,10,12,18-20H2,1-8H3,(H,36,39,40)/t25?,28?,33-/m1/s1. The summed E-state index contributed by atoms with van der Waals surface area (Å²) in [5, 5.41) is 16.9. The lowest BCUT2D eigenvalue weighted by Crippen LogP contribution is -2.45. The molecule has 0 radical (unpaired) electrons. The van der Waals surface area contributed by atoms with E-state index in [-0.39, 0.29) is 10.5 Å². The summed E-state index contributed by atoms with van der Waals surface area (Å²) in [5.74, 6) is 0.663. The lowest BCUT2D eigenvalue weighted by atomic mass is 9.83. The summed E-state index contributed by atoms with van der Waals surface area (Å²) in [6.07, 6.45) is 2.28. The Balaban J connectivity index is 1.42. The van der Waals surface area contributed by atoms with Gasteiger partial charge in [-0.1, -0.05) is 27.7 Å². The summed E-state index contributed by atoms with van der Waals surface area (Å²) in [5.41, 5.74) is 5.15. The Hall–Kier alpha value is -3.59. The number of nitrogens with zero attached hydrogens (tertiary/aromatic N) is 5. The first-order valence-electron chi connectivity index (χ1n) is 15.2. The Morgan fingerprint density at radius 3 is 2.73 bits per heavy atom. The van der Waals surface area contributed by atoms with Crippen molar-refractivity contribution in [2.45, 2.75) is 76.9 Å². The molecule has 1 saturated heterocycles. The van der Waals surface area contributed by atoms with E-state index in [4.69, 9.17) is 14.1 Å². The van der Waals surface area contributed by atoms with E-state index in [1.165, 1.54) is 0 Å². The molecule has 2 aliphatic heterocycles. The number of hydrogen-bond donors (Lipinski definition) is 2. The topological polar surface area (TPSA) is 108 Å². The van der Waals surface area contributed by atoms with Gasteiger partial charge in [-0.25, -0.2) is 19.3 Å². The first-order valence-corrected chi connectivity index (χ1v) is 18.1. The summed E-state index contributed by atoms with van der Waals surface area (Å²) < 4.78 is 27.5. The maximum absolute atomic E-state index is 14.8. The quantitative estimate of drug-likeness (QED) is 0.271. The van der Waals surface area contributed by atoms with Gasteiger partial charge in [-0.2, -0.15) is 5.26 Å². The van der Waals surface area contributed by atoms with E-state index in [1.807, 2.05) is 37.1 Å². The third kappa shape index (κ3) is 6.58. The molecule has 1 aromatic carbocycles. The molecule has 0 aliphatic carbocycles.